The number of hydrogen-bond acceptors (Lipinski definition) is 5. The number of aliphatic hydroxyl groups is 1. The van der Waals surface area contributed by atoms with Crippen molar-refractivity contribution in [1.82, 2.24) is 9.55 Å². The number of carbonyl (C=O) groups excluding carboxylic acids is 2. The van der Waals surface area contributed by atoms with E-state index in [1.54, 1.807) is 18.3 Å². The summed E-state index contributed by atoms with van der Waals surface area (Å²) >= 11 is 0. The van der Waals surface area contributed by atoms with Crippen molar-refractivity contribution in [3.05, 3.63) is 108 Å². The number of aliphatic hydroxyl groups excluding tert-OH is 1. The zero-order valence-electron chi connectivity index (χ0n) is 20.5. The fraction of sp³-hybridized carbons (Fsp3) is 0.167. The highest BCUT2D eigenvalue weighted by atomic mass is 16.5. The molecule has 0 bridgehead atoms. The molecule has 0 aliphatic rings. The number of allylic oxidation sites excluding steroid dienone is 2. The highest BCUT2D eigenvalue weighted by Crippen LogP contribution is 2.18. The van der Waals surface area contributed by atoms with E-state index in [0.717, 1.165) is 47.0 Å². The lowest BCUT2D eigenvalue weighted by atomic mass is 10.1. The van der Waals surface area contributed by atoms with Crippen molar-refractivity contribution in [2.75, 3.05) is 13.7 Å². The molecule has 0 radical (unpaired) electrons. The van der Waals surface area contributed by atoms with E-state index in [4.69, 9.17) is 9.84 Å². The lowest BCUT2D eigenvalue weighted by Crippen LogP contribution is -2.02. The van der Waals surface area contributed by atoms with Crippen molar-refractivity contribution in [3.63, 3.8) is 0 Å². The number of fused-ring (bicyclic) bond motifs is 1. The average molecular weight is 483 g/mol. The smallest absolute Gasteiger partial charge is 0.163 e. The quantitative estimate of drug-likeness (QED) is 0.252. The molecule has 0 saturated heterocycles. The summed E-state index contributed by atoms with van der Waals surface area (Å²) in [6, 6.07) is 21.3. The van der Waals surface area contributed by atoms with Crippen molar-refractivity contribution in [2.45, 2.75) is 12.8 Å². The molecule has 0 amide bonds. The monoisotopic (exact) mass is 482 g/mol. The largest absolute Gasteiger partial charge is 0.493 e. The molecule has 0 unspecified atom stereocenters. The molecule has 6 heteroatoms. The van der Waals surface area contributed by atoms with E-state index >= 15 is 0 Å². The molecule has 2 heterocycles. The number of rotatable bonds is 10. The summed E-state index contributed by atoms with van der Waals surface area (Å²) in [5, 5.41) is 8.15. The van der Waals surface area contributed by atoms with Crippen LogP contribution >= 0.6 is 0 Å². The second kappa shape index (κ2) is 13.6. The van der Waals surface area contributed by atoms with Crippen LogP contribution in [0.4, 0.5) is 0 Å². The summed E-state index contributed by atoms with van der Waals surface area (Å²) in [6.45, 7) is 0.541. The second-order valence-corrected chi connectivity index (χ2v) is 8.01. The van der Waals surface area contributed by atoms with Gasteiger partial charge in [0.05, 0.1) is 13.0 Å². The predicted molar refractivity (Wildman–Crippen MR) is 144 cm³/mol. The molecular formula is C30H30N2O4. The van der Waals surface area contributed by atoms with Gasteiger partial charge in [-0.05, 0) is 65.1 Å². The fourth-order valence-electron chi connectivity index (χ4n) is 3.55. The maximum absolute atomic E-state index is 12.2. The van der Waals surface area contributed by atoms with Crippen molar-refractivity contribution in [3.8, 4) is 5.75 Å². The highest BCUT2D eigenvalue weighted by molar-refractivity contribution is 6.11. The molecule has 0 fully saturated rings. The van der Waals surface area contributed by atoms with E-state index in [2.05, 4.69) is 4.98 Å². The molecular weight excluding hydrogens is 452 g/mol. The third-order valence-corrected chi connectivity index (χ3v) is 5.42. The van der Waals surface area contributed by atoms with Gasteiger partial charge >= 0.3 is 0 Å². The number of nitrogens with zero attached hydrogens (tertiary/aromatic N) is 2. The zero-order valence-corrected chi connectivity index (χ0v) is 20.5. The third kappa shape index (κ3) is 7.89. The molecule has 6 nitrogen and oxygen atoms in total. The Morgan fingerprint density at radius 3 is 2.31 bits per heavy atom. The maximum Gasteiger partial charge on any atom is 0.163 e. The van der Waals surface area contributed by atoms with Gasteiger partial charge in [-0.1, -0.05) is 42.5 Å². The number of hydrogen-bond donors (Lipinski definition) is 1. The first kappa shape index (κ1) is 26.3. The SMILES string of the molecule is CO.Cn1ccc2ccc(/C=C/C(=O)CC(=O)/C=C/c3ccc(OCCc4ccccn4)cc3)cc21. The minimum absolute atomic E-state index is 0.159. The summed E-state index contributed by atoms with van der Waals surface area (Å²) in [4.78, 5) is 28.7. The van der Waals surface area contributed by atoms with Crippen LogP contribution in [-0.2, 0) is 23.1 Å². The summed E-state index contributed by atoms with van der Waals surface area (Å²) in [6.07, 6.45) is 10.7. The Morgan fingerprint density at radius 1 is 0.917 bits per heavy atom. The number of ether oxygens (including phenoxy) is 1. The second-order valence-electron chi connectivity index (χ2n) is 8.01. The normalized spacial score (nSPS) is 11.0. The Labute approximate surface area is 211 Å². The van der Waals surface area contributed by atoms with Gasteiger partial charge in [-0.2, -0.15) is 0 Å². The van der Waals surface area contributed by atoms with Gasteiger partial charge < -0.3 is 14.4 Å². The zero-order chi connectivity index (χ0) is 25.8. The van der Waals surface area contributed by atoms with E-state index in [9.17, 15) is 9.59 Å². The Balaban J connectivity index is 0.00000176. The lowest BCUT2D eigenvalue weighted by Gasteiger charge is -2.06. The topological polar surface area (TPSA) is 81.4 Å². The van der Waals surface area contributed by atoms with E-state index in [1.165, 1.54) is 12.2 Å². The van der Waals surface area contributed by atoms with Crippen LogP contribution in [0.2, 0.25) is 0 Å². The molecule has 184 valence electrons. The first-order valence-electron chi connectivity index (χ1n) is 11.6. The van der Waals surface area contributed by atoms with Gasteiger partial charge in [0.2, 0.25) is 0 Å². The summed E-state index contributed by atoms with van der Waals surface area (Å²) < 4.78 is 7.78. The van der Waals surface area contributed by atoms with Crippen LogP contribution in [0.5, 0.6) is 5.75 Å². The maximum atomic E-state index is 12.2. The van der Waals surface area contributed by atoms with Crippen molar-refractivity contribution in [1.29, 1.82) is 0 Å². The Bertz CT molecular complexity index is 1340. The van der Waals surface area contributed by atoms with Gasteiger partial charge in [-0.25, -0.2) is 0 Å². The van der Waals surface area contributed by atoms with Gasteiger partial charge in [0.1, 0.15) is 5.75 Å². The predicted octanol–water partition coefficient (Wildman–Crippen LogP) is 5.06. The number of ketones is 2. The molecule has 0 aliphatic heterocycles. The molecule has 0 saturated carbocycles. The molecule has 36 heavy (non-hydrogen) atoms. The average Bonchev–Trinajstić information content (AvgIpc) is 3.28. The number of aryl methyl sites for hydroxylation is 1. The molecule has 1 N–H and O–H groups in total. The van der Waals surface area contributed by atoms with Gasteiger partial charge in [0.25, 0.3) is 0 Å². The first-order valence-corrected chi connectivity index (χ1v) is 11.6. The highest BCUT2D eigenvalue weighted by Gasteiger charge is 2.04. The number of pyridine rings is 1. The number of benzene rings is 2. The molecule has 0 aliphatic carbocycles. The van der Waals surface area contributed by atoms with E-state index < -0.39 is 0 Å². The van der Waals surface area contributed by atoms with E-state index in [-0.39, 0.29) is 18.0 Å². The summed E-state index contributed by atoms with van der Waals surface area (Å²) in [5.41, 5.74) is 3.87. The van der Waals surface area contributed by atoms with Crippen LogP contribution in [0, 0.1) is 0 Å². The number of aromatic nitrogens is 2. The van der Waals surface area contributed by atoms with Gasteiger partial charge in [-0.15, -0.1) is 0 Å². The van der Waals surface area contributed by atoms with Crippen LogP contribution in [0.1, 0.15) is 23.2 Å². The lowest BCUT2D eigenvalue weighted by molar-refractivity contribution is -0.121. The number of carbonyl (C=O) groups is 2. The van der Waals surface area contributed by atoms with Crippen molar-refractivity contribution in [2.24, 2.45) is 7.05 Å². The minimum Gasteiger partial charge on any atom is -0.493 e. The van der Waals surface area contributed by atoms with Crippen LogP contribution < -0.4 is 4.74 Å². The van der Waals surface area contributed by atoms with Crippen molar-refractivity contribution < 1.29 is 19.4 Å². The van der Waals surface area contributed by atoms with Gasteiger partial charge in [-0.3, -0.25) is 14.6 Å². The Morgan fingerprint density at radius 2 is 1.61 bits per heavy atom. The van der Waals surface area contributed by atoms with Crippen molar-refractivity contribution >= 4 is 34.6 Å². The molecule has 0 spiro atoms. The standard InChI is InChI=1S/C29H26N2O3.CH4O/c1-31-18-15-24-10-5-23(20-29(24)31)7-12-27(33)21-26(32)11-6-22-8-13-28(14-9-22)34-19-16-25-4-2-3-17-30-25;1-2/h2-15,17-18,20H,16,19,21H2,1H3;2H,1H3/b11-6+,12-7+;. The fourth-order valence-corrected chi connectivity index (χ4v) is 3.55. The molecule has 2 aromatic carbocycles. The van der Waals surface area contributed by atoms with Crippen LogP contribution in [-0.4, -0.2) is 39.9 Å². The molecule has 2 aromatic heterocycles. The first-order chi connectivity index (χ1) is 17.6. The molecule has 0 atom stereocenters. The van der Waals surface area contributed by atoms with Gasteiger partial charge in [0, 0.05) is 44.2 Å². The summed E-state index contributed by atoms with van der Waals surface area (Å²) in [5.74, 6) is 0.301. The summed E-state index contributed by atoms with van der Waals surface area (Å²) in [7, 11) is 2.98. The Hall–Kier alpha value is -4.29. The molecule has 4 aromatic rings. The van der Waals surface area contributed by atoms with Crippen LogP contribution in [0.3, 0.4) is 0 Å². The van der Waals surface area contributed by atoms with E-state index in [0.29, 0.717) is 6.61 Å². The van der Waals surface area contributed by atoms with E-state index in [1.807, 2.05) is 84.5 Å². The third-order valence-electron chi connectivity index (χ3n) is 5.42. The van der Waals surface area contributed by atoms with Gasteiger partial charge in [0.15, 0.2) is 11.6 Å². The Kier molecular flexibility index (Phi) is 9.91. The molecule has 4 rings (SSSR count). The van der Waals surface area contributed by atoms with Crippen LogP contribution in [0.15, 0.2) is 91.3 Å². The minimum atomic E-state index is -0.233. The van der Waals surface area contributed by atoms with Crippen LogP contribution in [0.25, 0.3) is 23.1 Å².